The standard InChI is InChI=1S/C15H21ClN2O3/c1-11(2)4-3-9-17-15(21)18(10-14(19)20)13-7-5-12(16)6-8-13/h5-8,11H,3-4,9-10H2,1-2H3,(H,17,21)(H,19,20). The molecule has 1 rings (SSSR count). The second-order valence-corrected chi connectivity index (χ2v) is 5.66. The minimum atomic E-state index is -1.07. The van der Waals surface area contributed by atoms with Gasteiger partial charge in [0.25, 0.3) is 0 Å². The van der Waals surface area contributed by atoms with E-state index in [-0.39, 0.29) is 0 Å². The number of nitrogens with one attached hydrogen (secondary N) is 1. The highest BCUT2D eigenvalue weighted by Gasteiger charge is 2.18. The molecule has 0 bridgehead atoms. The Morgan fingerprint density at radius 3 is 2.43 bits per heavy atom. The van der Waals surface area contributed by atoms with Crippen molar-refractivity contribution in [2.45, 2.75) is 26.7 Å². The number of nitrogens with zero attached hydrogens (tertiary/aromatic N) is 1. The minimum absolute atomic E-state index is 0.391. The van der Waals surface area contributed by atoms with Crippen molar-refractivity contribution in [2.75, 3.05) is 18.0 Å². The predicted octanol–water partition coefficient (Wildman–Crippen LogP) is 3.38. The Kier molecular flexibility index (Phi) is 7.02. The quantitative estimate of drug-likeness (QED) is 0.758. The second kappa shape index (κ2) is 8.52. The van der Waals surface area contributed by atoms with E-state index >= 15 is 0 Å². The average molecular weight is 313 g/mol. The average Bonchev–Trinajstić information content (AvgIpc) is 2.41. The van der Waals surface area contributed by atoms with Crippen LogP contribution in [0.1, 0.15) is 26.7 Å². The second-order valence-electron chi connectivity index (χ2n) is 5.22. The Labute approximate surface area is 129 Å². The summed E-state index contributed by atoms with van der Waals surface area (Å²) in [5.74, 6) is -0.490. The number of hydrogen-bond acceptors (Lipinski definition) is 2. The Bertz CT molecular complexity index is 474. The van der Waals surface area contributed by atoms with Gasteiger partial charge in [0.2, 0.25) is 0 Å². The van der Waals surface area contributed by atoms with Crippen LogP contribution in [0.5, 0.6) is 0 Å². The van der Waals surface area contributed by atoms with Crippen molar-refractivity contribution in [3.63, 3.8) is 0 Å². The van der Waals surface area contributed by atoms with E-state index in [1.54, 1.807) is 24.3 Å². The van der Waals surface area contributed by atoms with Crippen molar-refractivity contribution in [3.05, 3.63) is 29.3 Å². The zero-order valence-corrected chi connectivity index (χ0v) is 13.1. The van der Waals surface area contributed by atoms with Gasteiger partial charge in [0, 0.05) is 17.3 Å². The highest BCUT2D eigenvalue weighted by molar-refractivity contribution is 6.30. The van der Waals surface area contributed by atoms with E-state index in [0.29, 0.717) is 23.2 Å². The maximum atomic E-state index is 12.1. The fraction of sp³-hybridized carbons (Fsp3) is 0.467. The molecule has 0 atom stereocenters. The smallest absolute Gasteiger partial charge is 0.323 e. The molecule has 0 aliphatic carbocycles. The van der Waals surface area contributed by atoms with E-state index in [2.05, 4.69) is 19.2 Å². The SMILES string of the molecule is CC(C)CCCNC(=O)N(CC(=O)O)c1ccc(Cl)cc1. The fourth-order valence-electron chi connectivity index (χ4n) is 1.84. The molecule has 1 aromatic carbocycles. The van der Waals surface area contributed by atoms with Crippen molar-refractivity contribution in [3.8, 4) is 0 Å². The van der Waals surface area contributed by atoms with Gasteiger partial charge < -0.3 is 10.4 Å². The van der Waals surface area contributed by atoms with E-state index in [1.165, 1.54) is 4.90 Å². The third-order valence-corrected chi connectivity index (χ3v) is 3.16. The van der Waals surface area contributed by atoms with Crippen LogP contribution in [-0.4, -0.2) is 30.2 Å². The first-order valence-corrected chi connectivity index (χ1v) is 7.30. The number of anilines is 1. The first kappa shape index (κ1) is 17.3. The Morgan fingerprint density at radius 1 is 1.29 bits per heavy atom. The summed E-state index contributed by atoms with van der Waals surface area (Å²) in [6, 6.07) is 6.08. The molecule has 0 aliphatic rings. The molecule has 5 nitrogen and oxygen atoms in total. The molecule has 2 amide bonds. The number of hydrogen-bond donors (Lipinski definition) is 2. The van der Waals surface area contributed by atoms with E-state index in [9.17, 15) is 9.59 Å². The van der Waals surface area contributed by atoms with Crippen molar-refractivity contribution in [1.82, 2.24) is 5.32 Å². The van der Waals surface area contributed by atoms with Gasteiger partial charge in [-0.05, 0) is 43.0 Å². The number of rotatable bonds is 7. The maximum Gasteiger partial charge on any atom is 0.323 e. The molecule has 0 heterocycles. The molecule has 0 aromatic heterocycles. The molecule has 0 aliphatic heterocycles. The van der Waals surface area contributed by atoms with Crippen molar-refractivity contribution in [1.29, 1.82) is 0 Å². The summed E-state index contributed by atoms with van der Waals surface area (Å²) in [6.07, 6.45) is 1.88. The molecular weight excluding hydrogens is 292 g/mol. The van der Waals surface area contributed by atoms with Crippen molar-refractivity contribution < 1.29 is 14.7 Å². The molecule has 21 heavy (non-hydrogen) atoms. The Hall–Kier alpha value is -1.75. The molecule has 0 fully saturated rings. The van der Waals surface area contributed by atoms with Gasteiger partial charge >= 0.3 is 12.0 Å². The number of urea groups is 1. The topological polar surface area (TPSA) is 69.6 Å². The van der Waals surface area contributed by atoms with Gasteiger partial charge in [-0.1, -0.05) is 25.4 Å². The monoisotopic (exact) mass is 312 g/mol. The third-order valence-electron chi connectivity index (χ3n) is 2.91. The summed E-state index contributed by atoms with van der Waals surface area (Å²) < 4.78 is 0. The van der Waals surface area contributed by atoms with Gasteiger partial charge in [-0.3, -0.25) is 9.69 Å². The molecule has 116 valence electrons. The van der Waals surface area contributed by atoms with Gasteiger partial charge in [0.05, 0.1) is 0 Å². The number of benzene rings is 1. The molecular formula is C15H21ClN2O3. The maximum absolute atomic E-state index is 12.1. The van der Waals surface area contributed by atoms with E-state index < -0.39 is 18.5 Å². The van der Waals surface area contributed by atoms with Crippen LogP contribution in [0.25, 0.3) is 0 Å². The number of carbonyl (C=O) groups excluding carboxylic acids is 1. The molecule has 6 heteroatoms. The highest BCUT2D eigenvalue weighted by Crippen LogP contribution is 2.18. The molecule has 2 N–H and O–H groups in total. The van der Waals surface area contributed by atoms with Gasteiger partial charge in [-0.25, -0.2) is 4.79 Å². The van der Waals surface area contributed by atoms with Crippen molar-refractivity contribution >= 4 is 29.3 Å². The first-order chi connectivity index (χ1) is 9.90. The van der Waals surface area contributed by atoms with Crippen LogP contribution in [0.2, 0.25) is 5.02 Å². The number of amides is 2. The van der Waals surface area contributed by atoms with Gasteiger partial charge in [-0.15, -0.1) is 0 Å². The summed E-state index contributed by atoms with van der Waals surface area (Å²) in [5.41, 5.74) is 0.503. The third kappa shape index (κ3) is 6.49. The lowest BCUT2D eigenvalue weighted by Gasteiger charge is -2.21. The molecule has 0 spiro atoms. The lowest BCUT2D eigenvalue weighted by Crippen LogP contribution is -2.43. The Morgan fingerprint density at radius 2 is 1.90 bits per heavy atom. The largest absolute Gasteiger partial charge is 0.480 e. The molecule has 1 aromatic rings. The van der Waals surface area contributed by atoms with Gasteiger partial charge in [0.1, 0.15) is 6.54 Å². The number of halogens is 1. The van der Waals surface area contributed by atoms with E-state index in [1.807, 2.05) is 0 Å². The van der Waals surface area contributed by atoms with Crippen LogP contribution in [0.3, 0.4) is 0 Å². The predicted molar refractivity (Wildman–Crippen MR) is 83.9 cm³/mol. The van der Waals surface area contributed by atoms with Crippen LogP contribution >= 0.6 is 11.6 Å². The van der Waals surface area contributed by atoms with Crippen molar-refractivity contribution in [2.24, 2.45) is 5.92 Å². The number of aliphatic carboxylic acids is 1. The lowest BCUT2D eigenvalue weighted by atomic mass is 10.1. The molecule has 0 radical (unpaired) electrons. The minimum Gasteiger partial charge on any atom is -0.480 e. The van der Waals surface area contributed by atoms with Gasteiger partial charge in [-0.2, -0.15) is 0 Å². The van der Waals surface area contributed by atoms with E-state index in [4.69, 9.17) is 16.7 Å². The zero-order valence-electron chi connectivity index (χ0n) is 12.3. The molecule has 0 saturated heterocycles. The van der Waals surface area contributed by atoms with E-state index in [0.717, 1.165) is 12.8 Å². The number of carboxylic acid groups (broad SMARTS) is 1. The van der Waals surface area contributed by atoms with Crippen LogP contribution in [-0.2, 0) is 4.79 Å². The summed E-state index contributed by atoms with van der Waals surface area (Å²) in [7, 11) is 0. The zero-order chi connectivity index (χ0) is 15.8. The lowest BCUT2D eigenvalue weighted by molar-refractivity contribution is -0.135. The van der Waals surface area contributed by atoms with Crippen LogP contribution < -0.4 is 10.2 Å². The van der Waals surface area contributed by atoms with Gasteiger partial charge in [0.15, 0.2) is 0 Å². The fourth-order valence-corrected chi connectivity index (χ4v) is 1.96. The summed E-state index contributed by atoms with van der Waals surface area (Å²) in [6.45, 7) is 4.37. The summed E-state index contributed by atoms with van der Waals surface area (Å²) >= 11 is 5.80. The normalized spacial score (nSPS) is 10.5. The highest BCUT2D eigenvalue weighted by atomic mass is 35.5. The molecule has 0 saturated carbocycles. The molecule has 0 unspecified atom stereocenters. The Balaban J connectivity index is 2.66. The first-order valence-electron chi connectivity index (χ1n) is 6.93. The van der Waals surface area contributed by atoms with Crippen LogP contribution in [0, 0.1) is 5.92 Å². The number of carboxylic acids is 1. The summed E-state index contributed by atoms with van der Waals surface area (Å²) in [5, 5.41) is 12.2. The van der Waals surface area contributed by atoms with Crippen LogP contribution in [0.4, 0.5) is 10.5 Å². The summed E-state index contributed by atoms with van der Waals surface area (Å²) in [4.78, 5) is 24.2. The number of carbonyl (C=O) groups is 2. The van der Waals surface area contributed by atoms with Crippen LogP contribution in [0.15, 0.2) is 24.3 Å².